The molecule has 1 saturated heterocycles. The summed E-state index contributed by atoms with van der Waals surface area (Å²) in [7, 11) is 0. The average molecular weight is 456 g/mol. The van der Waals surface area contributed by atoms with Crippen molar-refractivity contribution in [2.45, 2.75) is 18.9 Å². The molecule has 3 rings (SSSR count). The van der Waals surface area contributed by atoms with Crippen LogP contribution in [0, 0.1) is 30.3 Å². The topological polar surface area (TPSA) is 191 Å². The van der Waals surface area contributed by atoms with Gasteiger partial charge in [-0.15, -0.1) is 0 Å². The molecule has 1 unspecified atom stereocenters. The quantitative estimate of drug-likeness (QED) is 0.372. The summed E-state index contributed by atoms with van der Waals surface area (Å²) in [6, 6.07) is 7.10. The van der Waals surface area contributed by atoms with Gasteiger partial charge in [0.1, 0.15) is 6.04 Å². The summed E-state index contributed by atoms with van der Waals surface area (Å²) in [6.07, 6.45) is 2.06. The highest BCUT2D eigenvalue weighted by molar-refractivity contribution is 5.99. The molecule has 2 amide bonds. The van der Waals surface area contributed by atoms with Gasteiger partial charge in [-0.25, -0.2) is 5.43 Å². The lowest BCUT2D eigenvalue weighted by Crippen LogP contribution is -2.44. The van der Waals surface area contributed by atoms with E-state index in [4.69, 9.17) is 0 Å². The number of rotatable bonds is 7. The van der Waals surface area contributed by atoms with Crippen LogP contribution in [0.4, 0.5) is 17.1 Å². The zero-order chi connectivity index (χ0) is 24.1. The molecule has 1 aliphatic heterocycles. The van der Waals surface area contributed by atoms with E-state index in [1.807, 2.05) is 0 Å². The van der Waals surface area contributed by atoms with E-state index >= 15 is 0 Å². The van der Waals surface area contributed by atoms with Crippen LogP contribution in [0.5, 0.6) is 0 Å². The van der Waals surface area contributed by atoms with E-state index in [-0.39, 0.29) is 17.8 Å². The van der Waals surface area contributed by atoms with Gasteiger partial charge in [-0.2, -0.15) is 5.10 Å². The van der Waals surface area contributed by atoms with E-state index in [0.29, 0.717) is 18.4 Å². The lowest BCUT2D eigenvalue weighted by atomic mass is 10.1. The predicted octanol–water partition coefficient (Wildman–Crippen LogP) is 2.17. The summed E-state index contributed by atoms with van der Waals surface area (Å²) in [5, 5.41) is 36.6. The maximum Gasteiger partial charge on any atom is 0.277 e. The van der Waals surface area contributed by atoms with Crippen molar-refractivity contribution in [3.8, 4) is 0 Å². The fourth-order valence-electron chi connectivity index (χ4n) is 3.30. The van der Waals surface area contributed by atoms with Crippen LogP contribution in [-0.2, 0) is 4.79 Å². The number of nitro groups is 3. The Labute approximate surface area is 184 Å². The van der Waals surface area contributed by atoms with Gasteiger partial charge in [0, 0.05) is 30.8 Å². The van der Waals surface area contributed by atoms with Gasteiger partial charge in [0.15, 0.2) is 0 Å². The summed E-state index contributed by atoms with van der Waals surface area (Å²) >= 11 is 0. The first-order valence-electron chi connectivity index (χ1n) is 9.49. The molecule has 33 heavy (non-hydrogen) atoms. The van der Waals surface area contributed by atoms with Gasteiger partial charge in [0.2, 0.25) is 0 Å². The Morgan fingerprint density at radius 2 is 1.52 bits per heavy atom. The van der Waals surface area contributed by atoms with Gasteiger partial charge in [0.05, 0.1) is 32.6 Å². The van der Waals surface area contributed by atoms with E-state index in [0.717, 1.165) is 18.2 Å². The minimum atomic E-state index is -0.926. The second-order valence-corrected chi connectivity index (χ2v) is 6.99. The van der Waals surface area contributed by atoms with Crippen molar-refractivity contribution in [1.82, 2.24) is 10.3 Å². The number of carbonyl (C=O) groups is 2. The lowest BCUT2D eigenvalue weighted by molar-refractivity contribution is -0.394. The smallest absolute Gasteiger partial charge is 0.277 e. The van der Waals surface area contributed by atoms with Crippen molar-refractivity contribution in [2.75, 3.05) is 6.54 Å². The molecule has 0 aliphatic carbocycles. The molecule has 1 fully saturated rings. The Kier molecular flexibility index (Phi) is 6.66. The molecule has 1 heterocycles. The highest BCUT2D eigenvalue weighted by Crippen LogP contribution is 2.26. The van der Waals surface area contributed by atoms with Crippen molar-refractivity contribution in [3.63, 3.8) is 0 Å². The maximum atomic E-state index is 12.9. The number of carbonyl (C=O) groups excluding carboxylic acids is 2. The number of hydrogen-bond acceptors (Lipinski definition) is 9. The molecule has 0 bridgehead atoms. The Morgan fingerprint density at radius 3 is 2.06 bits per heavy atom. The highest BCUT2D eigenvalue weighted by atomic mass is 16.6. The number of hydrogen-bond donors (Lipinski definition) is 1. The normalized spacial score (nSPS) is 15.4. The van der Waals surface area contributed by atoms with Crippen LogP contribution >= 0.6 is 0 Å². The summed E-state index contributed by atoms with van der Waals surface area (Å²) in [6.45, 7) is 0.180. The van der Waals surface area contributed by atoms with E-state index in [1.165, 1.54) is 35.4 Å². The van der Waals surface area contributed by atoms with E-state index in [1.54, 1.807) is 0 Å². The summed E-state index contributed by atoms with van der Waals surface area (Å²) in [5.41, 5.74) is 1.19. The fraction of sp³-hybridized carbons (Fsp3) is 0.211. The van der Waals surface area contributed by atoms with Crippen LogP contribution in [0.25, 0.3) is 0 Å². The average Bonchev–Trinajstić information content (AvgIpc) is 3.28. The van der Waals surface area contributed by atoms with Crippen molar-refractivity contribution in [1.29, 1.82) is 0 Å². The van der Waals surface area contributed by atoms with Crippen LogP contribution in [0.15, 0.2) is 47.6 Å². The third-order valence-electron chi connectivity index (χ3n) is 4.88. The fourth-order valence-corrected chi connectivity index (χ4v) is 3.30. The van der Waals surface area contributed by atoms with Crippen molar-refractivity contribution in [2.24, 2.45) is 5.10 Å². The van der Waals surface area contributed by atoms with E-state index in [9.17, 15) is 39.9 Å². The van der Waals surface area contributed by atoms with Crippen molar-refractivity contribution >= 4 is 35.1 Å². The molecule has 14 heteroatoms. The standard InChI is InChI=1S/C19H16N6O8/c26-18(21-20-11-12-3-5-14(6-4-12)23(28)29)17-2-1-7-22(17)19(27)13-8-15(24(30)31)10-16(9-13)25(32)33/h3-6,8-11,17H,1-2,7H2,(H,21,26)/b20-11+. The molecule has 0 radical (unpaired) electrons. The van der Waals surface area contributed by atoms with E-state index < -0.39 is 44.0 Å². The molecule has 1 atom stereocenters. The second-order valence-electron chi connectivity index (χ2n) is 6.99. The summed E-state index contributed by atoms with van der Waals surface area (Å²) < 4.78 is 0. The zero-order valence-corrected chi connectivity index (χ0v) is 16.8. The largest absolute Gasteiger partial charge is 0.327 e. The van der Waals surface area contributed by atoms with Crippen LogP contribution in [0.1, 0.15) is 28.8 Å². The molecule has 2 aromatic rings. The van der Waals surface area contributed by atoms with Gasteiger partial charge in [-0.05, 0) is 30.5 Å². The van der Waals surface area contributed by atoms with Gasteiger partial charge in [0.25, 0.3) is 28.9 Å². The summed E-state index contributed by atoms with van der Waals surface area (Å²) in [4.78, 5) is 57.2. The third-order valence-corrected chi connectivity index (χ3v) is 4.88. The first-order chi connectivity index (χ1) is 15.7. The zero-order valence-electron chi connectivity index (χ0n) is 16.8. The van der Waals surface area contributed by atoms with E-state index in [2.05, 4.69) is 10.5 Å². The Bertz CT molecular complexity index is 1130. The minimum Gasteiger partial charge on any atom is -0.327 e. The number of non-ortho nitro benzene ring substituents is 3. The molecule has 1 aliphatic rings. The van der Waals surface area contributed by atoms with Gasteiger partial charge < -0.3 is 4.90 Å². The van der Waals surface area contributed by atoms with Gasteiger partial charge in [-0.3, -0.25) is 39.9 Å². The predicted molar refractivity (Wildman–Crippen MR) is 113 cm³/mol. The number of nitrogens with one attached hydrogen (secondary N) is 1. The van der Waals surface area contributed by atoms with Gasteiger partial charge in [-0.1, -0.05) is 0 Å². The molecular formula is C19H16N6O8. The first kappa shape index (κ1) is 22.9. The highest BCUT2D eigenvalue weighted by Gasteiger charge is 2.35. The SMILES string of the molecule is O=C(N/N=C/c1ccc([N+](=O)[O-])cc1)C1CCCN1C(=O)c1cc([N+](=O)[O-])cc([N+](=O)[O-])c1. The molecule has 1 N–H and O–H groups in total. The Hall–Kier alpha value is -4.75. The number of nitrogens with zero attached hydrogens (tertiary/aromatic N) is 5. The van der Waals surface area contributed by atoms with Crippen LogP contribution in [0.3, 0.4) is 0 Å². The molecule has 0 spiro atoms. The minimum absolute atomic E-state index is 0.0994. The molecule has 2 aromatic carbocycles. The number of hydrazone groups is 1. The lowest BCUT2D eigenvalue weighted by Gasteiger charge is -2.23. The molecular weight excluding hydrogens is 440 g/mol. The molecule has 0 saturated carbocycles. The third kappa shape index (κ3) is 5.30. The van der Waals surface area contributed by atoms with Crippen molar-refractivity contribution < 1.29 is 24.4 Å². The monoisotopic (exact) mass is 456 g/mol. The molecule has 14 nitrogen and oxygen atoms in total. The maximum absolute atomic E-state index is 12.9. The number of benzene rings is 2. The summed E-state index contributed by atoms with van der Waals surface area (Å²) in [5.74, 6) is -1.36. The van der Waals surface area contributed by atoms with Crippen LogP contribution in [0.2, 0.25) is 0 Å². The number of amides is 2. The Morgan fingerprint density at radius 1 is 0.939 bits per heavy atom. The van der Waals surface area contributed by atoms with Crippen LogP contribution < -0.4 is 5.43 Å². The molecule has 170 valence electrons. The second kappa shape index (κ2) is 9.59. The Balaban J connectivity index is 1.73. The van der Waals surface area contributed by atoms with Crippen LogP contribution in [-0.4, -0.2) is 50.3 Å². The number of nitro benzene ring substituents is 3. The van der Waals surface area contributed by atoms with Crippen molar-refractivity contribution in [3.05, 3.63) is 83.9 Å². The molecule has 0 aromatic heterocycles. The number of likely N-dealkylation sites (tertiary alicyclic amines) is 1. The van der Waals surface area contributed by atoms with Gasteiger partial charge >= 0.3 is 0 Å². The first-order valence-corrected chi connectivity index (χ1v) is 9.49.